The highest BCUT2D eigenvalue weighted by Crippen LogP contribution is 2.27. The molecule has 0 spiro atoms. The predicted octanol–water partition coefficient (Wildman–Crippen LogP) is 4.28. The molecule has 1 aromatic carbocycles. The third kappa shape index (κ3) is 4.62. The molecule has 32 heavy (non-hydrogen) atoms. The molecule has 0 amide bonds. The minimum Gasteiger partial charge on any atom is -0.297 e. The van der Waals surface area contributed by atoms with Crippen LogP contribution in [0.4, 0.5) is 0 Å². The molecule has 166 valence electrons. The van der Waals surface area contributed by atoms with E-state index in [0.29, 0.717) is 29.8 Å². The molecule has 3 aromatic heterocycles. The molecular weight excluding hydrogens is 428 g/mol. The molecule has 0 aliphatic rings. The number of ketones is 1. The molecule has 10 heteroatoms. The number of aromatic nitrogens is 8. The minimum atomic E-state index is -0.00367. The summed E-state index contributed by atoms with van der Waals surface area (Å²) in [6.45, 7) is 4.66. The second-order valence-electron chi connectivity index (χ2n) is 7.58. The molecule has 0 saturated carbocycles. The van der Waals surface area contributed by atoms with Crippen LogP contribution in [0.15, 0.2) is 36.4 Å². The Balaban J connectivity index is 1.59. The monoisotopic (exact) mass is 452 g/mol. The minimum absolute atomic E-state index is 0.00367. The lowest BCUT2D eigenvalue weighted by Gasteiger charge is -2.11. The van der Waals surface area contributed by atoms with E-state index < -0.39 is 0 Å². The van der Waals surface area contributed by atoms with Gasteiger partial charge in [0.25, 0.3) is 0 Å². The van der Waals surface area contributed by atoms with Gasteiger partial charge in [-0.3, -0.25) is 9.36 Å². The summed E-state index contributed by atoms with van der Waals surface area (Å²) in [5.74, 6) is 1.70. The fraction of sp³-hybridized carbons (Fsp3) is 0.364. The second-order valence-corrected chi connectivity index (χ2v) is 7.97. The van der Waals surface area contributed by atoms with Crippen LogP contribution in [0.2, 0.25) is 5.15 Å². The standard InChI is InChI=1S/C22H25ClN8O/c1-3-5-7-20-24-22(18(32)6-4-2)27-30(20)14-15-8-10-16(11-9-15)31-17(12-13-19(31)23)21-25-28-29-26-21/h8-13H,3-7,14H2,1-2H3,(H,25,26,28,29). The van der Waals surface area contributed by atoms with Crippen molar-refractivity contribution in [1.29, 1.82) is 0 Å². The zero-order valence-corrected chi connectivity index (χ0v) is 18.9. The van der Waals surface area contributed by atoms with Gasteiger partial charge in [0.15, 0.2) is 5.82 Å². The van der Waals surface area contributed by atoms with Crippen molar-refractivity contribution in [3.8, 4) is 17.2 Å². The van der Waals surface area contributed by atoms with Gasteiger partial charge in [0.1, 0.15) is 11.0 Å². The third-order valence-corrected chi connectivity index (χ3v) is 5.47. The maximum atomic E-state index is 12.3. The van der Waals surface area contributed by atoms with Crippen molar-refractivity contribution in [1.82, 2.24) is 40.0 Å². The van der Waals surface area contributed by atoms with Crippen LogP contribution in [0, 0.1) is 0 Å². The average molecular weight is 453 g/mol. The number of aromatic amines is 1. The number of nitrogens with one attached hydrogen (secondary N) is 1. The highest BCUT2D eigenvalue weighted by Gasteiger charge is 2.17. The van der Waals surface area contributed by atoms with E-state index in [-0.39, 0.29) is 5.78 Å². The van der Waals surface area contributed by atoms with Gasteiger partial charge >= 0.3 is 0 Å². The molecule has 0 saturated heterocycles. The van der Waals surface area contributed by atoms with E-state index in [9.17, 15) is 4.79 Å². The Kier molecular flexibility index (Phi) is 6.75. The van der Waals surface area contributed by atoms with Gasteiger partial charge in [-0.25, -0.2) is 14.8 Å². The summed E-state index contributed by atoms with van der Waals surface area (Å²) >= 11 is 6.42. The summed E-state index contributed by atoms with van der Waals surface area (Å²) in [4.78, 5) is 16.8. The van der Waals surface area contributed by atoms with E-state index in [1.807, 2.05) is 46.5 Å². The van der Waals surface area contributed by atoms with E-state index in [1.54, 1.807) is 6.07 Å². The van der Waals surface area contributed by atoms with Gasteiger partial charge in [0, 0.05) is 18.5 Å². The normalized spacial score (nSPS) is 11.2. The van der Waals surface area contributed by atoms with Gasteiger partial charge in [-0.05, 0) is 53.1 Å². The van der Waals surface area contributed by atoms with Crippen molar-refractivity contribution >= 4 is 17.4 Å². The quantitative estimate of drug-likeness (QED) is 0.360. The Hall–Kier alpha value is -3.33. The number of carbonyl (C=O) groups excluding carboxylic acids is 1. The maximum absolute atomic E-state index is 12.3. The summed E-state index contributed by atoms with van der Waals surface area (Å²) < 4.78 is 3.72. The van der Waals surface area contributed by atoms with E-state index >= 15 is 0 Å². The molecule has 1 N–H and O–H groups in total. The van der Waals surface area contributed by atoms with Crippen LogP contribution in [0.5, 0.6) is 0 Å². The van der Waals surface area contributed by atoms with Gasteiger partial charge < -0.3 is 0 Å². The Morgan fingerprint density at radius 1 is 1.09 bits per heavy atom. The Morgan fingerprint density at radius 2 is 1.91 bits per heavy atom. The van der Waals surface area contributed by atoms with Gasteiger partial charge in [0.2, 0.25) is 11.6 Å². The number of benzene rings is 1. The maximum Gasteiger partial charge on any atom is 0.217 e. The topological polar surface area (TPSA) is 107 Å². The zero-order valence-electron chi connectivity index (χ0n) is 18.1. The van der Waals surface area contributed by atoms with Crippen molar-refractivity contribution in [2.75, 3.05) is 0 Å². The molecule has 0 aliphatic carbocycles. The molecule has 9 nitrogen and oxygen atoms in total. The number of H-pyrrole nitrogens is 1. The largest absolute Gasteiger partial charge is 0.297 e. The number of unbranched alkanes of at least 4 members (excludes halogenated alkanes) is 1. The fourth-order valence-corrected chi connectivity index (χ4v) is 3.78. The van der Waals surface area contributed by atoms with Gasteiger partial charge in [-0.1, -0.05) is 44.0 Å². The van der Waals surface area contributed by atoms with Crippen molar-refractivity contribution in [2.24, 2.45) is 0 Å². The van der Waals surface area contributed by atoms with E-state index in [1.165, 1.54) is 0 Å². The second kappa shape index (κ2) is 9.86. The van der Waals surface area contributed by atoms with Gasteiger partial charge in [-0.2, -0.15) is 0 Å². The number of Topliss-reactive ketones (excluding diaryl/α,β-unsaturated/α-hetero) is 1. The lowest BCUT2D eigenvalue weighted by atomic mass is 10.2. The smallest absolute Gasteiger partial charge is 0.217 e. The summed E-state index contributed by atoms with van der Waals surface area (Å²) in [6.07, 6.45) is 4.11. The van der Waals surface area contributed by atoms with Crippen LogP contribution in [0.1, 0.15) is 61.5 Å². The molecular formula is C22H25ClN8O. The van der Waals surface area contributed by atoms with Crippen molar-refractivity contribution in [3.05, 3.63) is 58.8 Å². The molecule has 4 rings (SSSR count). The van der Waals surface area contributed by atoms with Crippen LogP contribution in [-0.2, 0) is 13.0 Å². The molecule has 3 heterocycles. The fourth-order valence-electron chi connectivity index (χ4n) is 3.53. The van der Waals surface area contributed by atoms with Gasteiger partial charge in [0.05, 0.1) is 12.2 Å². The SMILES string of the molecule is CCCCc1nc(C(=O)CCC)nn1Cc1ccc(-n2c(Cl)ccc2-c2nnn[nH]2)cc1. The van der Waals surface area contributed by atoms with Crippen molar-refractivity contribution < 1.29 is 4.79 Å². The number of tetrazole rings is 1. The Labute approximate surface area is 190 Å². The first-order chi connectivity index (χ1) is 15.6. The van der Waals surface area contributed by atoms with Gasteiger partial charge in [-0.15, -0.1) is 10.2 Å². The lowest BCUT2D eigenvalue weighted by Crippen LogP contribution is -2.08. The Bertz CT molecular complexity index is 1180. The van der Waals surface area contributed by atoms with Crippen LogP contribution >= 0.6 is 11.6 Å². The van der Waals surface area contributed by atoms with E-state index in [2.05, 4.69) is 37.6 Å². The molecule has 0 aliphatic heterocycles. The molecule has 0 radical (unpaired) electrons. The summed E-state index contributed by atoms with van der Waals surface area (Å²) in [6, 6.07) is 11.7. The Morgan fingerprint density at radius 3 is 2.59 bits per heavy atom. The number of hydrogen-bond donors (Lipinski definition) is 1. The number of aryl methyl sites for hydroxylation is 1. The van der Waals surface area contributed by atoms with Crippen LogP contribution in [0.25, 0.3) is 17.2 Å². The summed E-state index contributed by atoms with van der Waals surface area (Å²) in [5, 5.41) is 19.1. The number of carbonyl (C=O) groups is 1. The molecule has 0 fully saturated rings. The molecule has 0 unspecified atom stereocenters. The molecule has 0 atom stereocenters. The molecule has 0 bridgehead atoms. The molecule has 4 aromatic rings. The summed E-state index contributed by atoms with van der Waals surface area (Å²) in [5.41, 5.74) is 2.71. The number of nitrogens with zero attached hydrogens (tertiary/aromatic N) is 7. The van der Waals surface area contributed by atoms with Crippen LogP contribution in [-0.4, -0.2) is 45.7 Å². The first-order valence-corrected chi connectivity index (χ1v) is 11.2. The third-order valence-electron chi connectivity index (χ3n) is 5.18. The predicted molar refractivity (Wildman–Crippen MR) is 121 cm³/mol. The lowest BCUT2D eigenvalue weighted by molar-refractivity contribution is 0.0971. The van der Waals surface area contributed by atoms with Crippen molar-refractivity contribution in [3.63, 3.8) is 0 Å². The average Bonchev–Trinajstić information content (AvgIpc) is 3.53. The van der Waals surface area contributed by atoms with Crippen LogP contribution < -0.4 is 0 Å². The summed E-state index contributed by atoms with van der Waals surface area (Å²) in [7, 11) is 0. The number of rotatable bonds is 10. The van der Waals surface area contributed by atoms with E-state index in [4.69, 9.17) is 11.6 Å². The number of hydrogen-bond acceptors (Lipinski definition) is 6. The number of halogens is 1. The zero-order chi connectivity index (χ0) is 22.5. The highest BCUT2D eigenvalue weighted by molar-refractivity contribution is 6.30. The first kappa shape index (κ1) is 21.9. The first-order valence-electron chi connectivity index (χ1n) is 10.8. The van der Waals surface area contributed by atoms with Crippen molar-refractivity contribution in [2.45, 2.75) is 52.5 Å². The van der Waals surface area contributed by atoms with E-state index in [0.717, 1.165) is 48.5 Å². The van der Waals surface area contributed by atoms with Crippen LogP contribution in [0.3, 0.4) is 0 Å². The highest BCUT2D eigenvalue weighted by atomic mass is 35.5.